The van der Waals surface area contributed by atoms with E-state index in [1.54, 1.807) is 0 Å². The van der Waals surface area contributed by atoms with E-state index < -0.39 is 0 Å². The maximum Gasteiger partial charge on any atom is 0.0469 e. The molecular weight excluding hydrogens is 214 g/mol. The number of nitrogens with one attached hydrogen (secondary N) is 1. The zero-order valence-corrected chi connectivity index (χ0v) is 11.5. The average Bonchev–Trinajstić information content (AvgIpc) is 2.33. The molecule has 100 valence electrons. The Hall–Kier alpha value is -0.160. The van der Waals surface area contributed by atoms with E-state index >= 15 is 0 Å². The molecule has 0 aromatic heterocycles. The van der Waals surface area contributed by atoms with Crippen molar-refractivity contribution in [2.75, 3.05) is 54.0 Å². The molecule has 2 rings (SSSR count). The monoisotopic (exact) mass is 241 g/mol. The molecule has 2 unspecified atom stereocenters. The number of likely N-dealkylation sites (N-methyl/N-ethyl adjacent to an activating group) is 2. The molecule has 0 aromatic carbocycles. The predicted octanol–water partition coefficient (Wildman–Crippen LogP) is 0.247. The van der Waals surface area contributed by atoms with Gasteiger partial charge < -0.3 is 15.0 Å². The number of ether oxygens (including phenoxy) is 1. The minimum Gasteiger partial charge on any atom is -0.381 e. The van der Waals surface area contributed by atoms with Gasteiger partial charge >= 0.3 is 0 Å². The molecule has 0 amide bonds. The average molecular weight is 241 g/mol. The molecule has 2 atom stereocenters. The Morgan fingerprint density at radius 1 is 1.29 bits per heavy atom. The van der Waals surface area contributed by atoms with Crippen LogP contribution < -0.4 is 5.32 Å². The van der Waals surface area contributed by atoms with Crippen LogP contribution in [0.5, 0.6) is 0 Å². The summed E-state index contributed by atoms with van der Waals surface area (Å²) in [6.07, 6.45) is 2.43. The third-order valence-electron chi connectivity index (χ3n) is 4.30. The lowest BCUT2D eigenvalue weighted by atomic mass is 9.85. The number of nitrogens with zero attached hydrogens (tertiary/aromatic N) is 2. The largest absolute Gasteiger partial charge is 0.381 e. The molecule has 2 saturated heterocycles. The second-order valence-corrected chi connectivity index (χ2v) is 5.66. The normalized spacial score (nSPS) is 30.7. The van der Waals surface area contributed by atoms with Gasteiger partial charge in [0.15, 0.2) is 0 Å². The van der Waals surface area contributed by atoms with Crippen LogP contribution >= 0.6 is 0 Å². The van der Waals surface area contributed by atoms with E-state index in [0.717, 1.165) is 38.8 Å². The van der Waals surface area contributed by atoms with Crippen molar-refractivity contribution < 1.29 is 4.74 Å². The third-order valence-corrected chi connectivity index (χ3v) is 4.30. The van der Waals surface area contributed by atoms with Gasteiger partial charge in [0, 0.05) is 44.9 Å². The lowest BCUT2D eigenvalue weighted by Crippen LogP contribution is -2.60. The van der Waals surface area contributed by atoms with Crippen molar-refractivity contribution in [2.24, 2.45) is 5.92 Å². The van der Waals surface area contributed by atoms with E-state index in [1.165, 1.54) is 12.8 Å². The van der Waals surface area contributed by atoms with Crippen molar-refractivity contribution in [2.45, 2.75) is 24.9 Å². The Labute approximate surface area is 105 Å². The predicted molar refractivity (Wildman–Crippen MR) is 70.3 cm³/mol. The van der Waals surface area contributed by atoms with Gasteiger partial charge in [-0.2, -0.15) is 0 Å². The standard InChI is InChI=1S/C13H27N3O/c1-15(2)13(11-4-8-17-9-5-11)12-10-14-6-7-16(12)3/h11-14H,4-10H2,1-3H3. The highest BCUT2D eigenvalue weighted by Gasteiger charge is 2.35. The molecule has 0 radical (unpaired) electrons. The number of piperazine rings is 1. The number of hydrogen-bond donors (Lipinski definition) is 1. The maximum absolute atomic E-state index is 5.50. The van der Waals surface area contributed by atoms with Crippen LogP contribution in [0.4, 0.5) is 0 Å². The highest BCUT2D eigenvalue weighted by atomic mass is 16.5. The van der Waals surface area contributed by atoms with E-state index in [9.17, 15) is 0 Å². The molecule has 0 aliphatic carbocycles. The van der Waals surface area contributed by atoms with Crippen molar-refractivity contribution in [3.8, 4) is 0 Å². The summed E-state index contributed by atoms with van der Waals surface area (Å²) in [6, 6.07) is 1.29. The van der Waals surface area contributed by atoms with Crippen molar-refractivity contribution in [1.29, 1.82) is 0 Å². The van der Waals surface area contributed by atoms with Crippen LogP contribution in [0, 0.1) is 5.92 Å². The molecule has 0 bridgehead atoms. The second-order valence-electron chi connectivity index (χ2n) is 5.66. The summed E-state index contributed by atoms with van der Waals surface area (Å²) in [5.41, 5.74) is 0. The SMILES string of the molecule is CN(C)C(C1CCOCC1)C1CNCCN1C. The lowest BCUT2D eigenvalue weighted by molar-refractivity contribution is 0.00443. The van der Waals surface area contributed by atoms with Crippen LogP contribution in [-0.2, 0) is 4.74 Å². The van der Waals surface area contributed by atoms with E-state index in [4.69, 9.17) is 4.74 Å². The third kappa shape index (κ3) is 3.19. The van der Waals surface area contributed by atoms with Gasteiger partial charge in [-0.25, -0.2) is 0 Å². The van der Waals surface area contributed by atoms with Gasteiger partial charge in [-0.15, -0.1) is 0 Å². The van der Waals surface area contributed by atoms with Gasteiger partial charge in [0.05, 0.1) is 0 Å². The fourth-order valence-electron chi connectivity index (χ4n) is 3.35. The highest BCUT2D eigenvalue weighted by Crippen LogP contribution is 2.26. The van der Waals surface area contributed by atoms with Crippen molar-refractivity contribution in [3.63, 3.8) is 0 Å². The fourth-order valence-corrected chi connectivity index (χ4v) is 3.35. The second kappa shape index (κ2) is 6.14. The van der Waals surface area contributed by atoms with Crippen LogP contribution in [0.2, 0.25) is 0 Å². The summed E-state index contributed by atoms with van der Waals surface area (Å²) < 4.78 is 5.50. The van der Waals surface area contributed by atoms with Crippen LogP contribution in [0.1, 0.15) is 12.8 Å². The first-order valence-electron chi connectivity index (χ1n) is 6.85. The van der Waals surface area contributed by atoms with E-state index in [-0.39, 0.29) is 0 Å². The van der Waals surface area contributed by atoms with Crippen LogP contribution in [0.25, 0.3) is 0 Å². The highest BCUT2D eigenvalue weighted by molar-refractivity contribution is 4.92. The summed E-state index contributed by atoms with van der Waals surface area (Å²) in [5.74, 6) is 0.783. The Morgan fingerprint density at radius 3 is 2.59 bits per heavy atom. The fraction of sp³-hybridized carbons (Fsp3) is 1.00. The van der Waals surface area contributed by atoms with E-state index in [2.05, 4.69) is 36.3 Å². The summed E-state index contributed by atoms with van der Waals surface area (Å²) in [5, 5.41) is 3.54. The van der Waals surface area contributed by atoms with Crippen molar-refractivity contribution in [1.82, 2.24) is 15.1 Å². The van der Waals surface area contributed by atoms with Gasteiger partial charge in [0.25, 0.3) is 0 Å². The summed E-state index contributed by atoms with van der Waals surface area (Å²) >= 11 is 0. The molecule has 0 aromatic rings. The van der Waals surface area contributed by atoms with Crippen molar-refractivity contribution >= 4 is 0 Å². The molecule has 2 aliphatic rings. The van der Waals surface area contributed by atoms with Gasteiger partial charge in [0.1, 0.15) is 0 Å². The topological polar surface area (TPSA) is 27.7 Å². The van der Waals surface area contributed by atoms with Gasteiger partial charge in [-0.3, -0.25) is 4.90 Å². The maximum atomic E-state index is 5.50. The van der Waals surface area contributed by atoms with Crippen LogP contribution in [0.3, 0.4) is 0 Å². The van der Waals surface area contributed by atoms with E-state index in [0.29, 0.717) is 12.1 Å². The molecule has 17 heavy (non-hydrogen) atoms. The molecule has 4 heteroatoms. The van der Waals surface area contributed by atoms with Gasteiger partial charge in [-0.05, 0) is 39.9 Å². The molecule has 2 fully saturated rings. The van der Waals surface area contributed by atoms with Crippen LogP contribution in [0.15, 0.2) is 0 Å². The summed E-state index contributed by atoms with van der Waals surface area (Å²) in [4.78, 5) is 4.95. The molecule has 0 spiro atoms. The van der Waals surface area contributed by atoms with Gasteiger partial charge in [0.2, 0.25) is 0 Å². The zero-order chi connectivity index (χ0) is 12.3. The minimum atomic E-state index is 0.641. The molecule has 1 N–H and O–H groups in total. The first-order chi connectivity index (χ1) is 8.20. The Balaban J connectivity index is 2.04. The first kappa shape index (κ1) is 13.3. The number of hydrogen-bond acceptors (Lipinski definition) is 4. The molecule has 0 saturated carbocycles. The molecule has 2 heterocycles. The number of rotatable bonds is 3. The lowest BCUT2D eigenvalue weighted by Gasteiger charge is -2.45. The Morgan fingerprint density at radius 2 is 2.00 bits per heavy atom. The Bertz CT molecular complexity index is 229. The summed E-state index contributed by atoms with van der Waals surface area (Å²) in [7, 11) is 6.71. The molecule has 2 aliphatic heterocycles. The Kier molecular flexibility index (Phi) is 4.79. The minimum absolute atomic E-state index is 0.641. The van der Waals surface area contributed by atoms with Crippen molar-refractivity contribution in [3.05, 3.63) is 0 Å². The quantitative estimate of drug-likeness (QED) is 0.766. The first-order valence-corrected chi connectivity index (χ1v) is 6.85. The van der Waals surface area contributed by atoms with E-state index in [1.807, 2.05) is 0 Å². The smallest absolute Gasteiger partial charge is 0.0469 e. The molecule has 4 nitrogen and oxygen atoms in total. The zero-order valence-electron chi connectivity index (χ0n) is 11.5. The summed E-state index contributed by atoms with van der Waals surface area (Å²) in [6.45, 7) is 5.30. The van der Waals surface area contributed by atoms with Crippen LogP contribution in [-0.4, -0.2) is 75.9 Å². The van der Waals surface area contributed by atoms with Gasteiger partial charge in [-0.1, -0.05) is 0 Å². The molecular formula is C13H27N3O.